The molecule has 0 aromatic carbocycles. The fraction of sp³-hybridized carbons (Fsp3) is 0.556. The van der Waals surface area contributed by atoms with Crippen LogP contribution in [0, 0.1) is 12.8 Å². The molecule has 2 unspecified atom stereocenters. The van der Waals surface area contributed by atoms with E-state index in [0.29, 0.717) is 18.4 Å². The molecular weight excluding hydrogens is 156 g/mol. The zero-order chi connectivity index (χ0) is 7.84. The molecule has 1 saturated carbocycles. The lowest BCUT2D eigenvalue weighted by atomic mass is 10.3. The Labute approximate surface area is 70.7 Å². The van der Waals surface area contributed by atoms with Gasteiger partial charge in [0, 0.05) is 16.4 Å². The zero-order valence-electron chi connectivity index (χ0n) is 6.58. The summed E-state index contributed by atoms with van der Waals surface area (Å²) in [4.78, 5) is 2.84. The highest BCUT2D eigenvalue weighted by atomic mass is 32.1. The van der Waals surface area contributed by atoms with E-state index in [1.165, 1.54) is 16.2 Å². The maximum Gasteiger partial charge on any atom is 0.0465 e. The first-order valence-corrected chi connectivity index (χ1v) is 4.80. The van der Waals surface area contributed by atoms with Crippen molar-refractivity contribution in [3.63, 3.8) is 0 Å². The van der Waals surface area contributed by atoms with Crippen molar-refractivity contribution in [2.24, 2.45) is 5.92 Å². The SMILES string of the molecule is Cc1ccc(C2CC2CO)s1. The molecule has 0 spiro atoms. The minimum absolute atomic E-state index is 0.363. The van der Waals surface area contributed by atoms with Crippen LogP contribution in [0.25, 0.3) is 0 Å². The van der Waals surface area contributed by atoms with Crippen LogP contribution in [-0.2, 0) is 0 Å². The summed E-state index contributed by atoms with van der Waals surface area (Å²) in [5, 5.41) is 8.85. The zero-order valence-corrected chi connectivity index (χ0v) is 7.40. The van der Waals surface area contributed by atoms with Crippen molar-refractivity contribution in [1.29, 1.82) is 0 Å². The van der Waals surface area contributed by atoms with Crippen LogP contribution in [0.15, 0.2) is 12.1 Å². The lowest BCUT2D eigenvalue weighted by molar-refractivity contribution is 0.274. The molecule has 1 aromatic rings. The number of hydrogen-bond donors (Lipinski definition) is 1. The van der Waals surface area contributed by atoms with Gasteiger partial charge in [-0.25, -0.2) is 0 Å². The van der Waals surface area contributed by atoms with Crippen molar-refractivity contribution in [3.05, 3.63) is 21.9 Å². The van der Waals surface area contributed by atoms with E-state index in [-0.39, 0.29) is 0 Å². The molecule has 11 heavy (non-hydrogen) atoms. The summed E-state index contributed by atoms with van der Waals surface area (Å²) in [6, 6.07) is 4.35. The second kappa shape index (κ2) is 2.61. The Morgan fingerprint density at radius 2 is 2.45 bits per heavy atom. The van der Waals surface area contributed by atoms with Crippen molar-refractivity contribution in [1.82, 2.24) is 0 Å². The molecule has 0 amide bonds. The van der Waals surface area contributed by atoms with E-state index in [1.54, 1.807) is 0 Å². The third-order valence-corrected chi connectivity index (χ3v) is 3.42. The number of thiophene rings is 1. The molecule has 0 radical (unpaired) electrons. The van der Waals surface area contributed by atoms with Gasteiger partial charge in [-0.1, -0.05) is 0 Å². The fourth-order valence-corrected chi connectivity index (χ4v) is 2.53. The molecule has 1 nitrogen and oxygen atoms in total. The van der Waals surface area contributed by atoms with E-state index in [1.807, 2.05) is 11.3 Å². The highest BCUT2D eigenvalue weighted by Gasteiger charge is 2.38. The van der Waals surface area contributed by atoms with E-state index in [4.69, 9.17) is 5.11 Å². The topological polar surface area (TPSA) is 20.2 Å². The molecule has 1 aliphatic carbocycles. The summed E-state index contributed by atoms with van der Waals surface area (Å²) in [6.07, 6.45) is 1.19. The van der Waals surface area contributed by atoms with E-state index >= 15 is 0 Å². The third-order valence-electron chi connectivity index (χ3n) is 2.28. The maximum absolute atomic E-state index is 8.85. The quantitative estimate of drug-likeness (QED) is 0.717. The van der Waals surface area contributed by atoms with Crippen LogP contribution >= 0.6 is 11.3 Å². The Balaban J connectivity index is 2.08. The molecule has 60 valence electrons. The highest BCUT2D eigenvalue weighted by molar-refractivity contribution is 7.12. The monoisotopic (exact) mass is 168 g/mol. The van der Waals surface area contributed by atoms with Gasteiger partial charge < -0.3 is 5.11 Å². The molecule has 1 heterocycles. The van der Waals surface area contributed by atoms with Gasteiger partial charge in [-0.15, -0.1) is 11.3 Å². The van der Waals surface area contributed by atoms with Crippen LogP contribution in [0.4, 0.5) is 0 Å². The second-order valence-corrected chi connectivity index (χ2v) is 4.55. The molecule has 2 heteroatoms. The van der Waals surface area contributed by atoms with Crippen molar-refractivity contribution in [3.8, 4) is 0 Å². The van der Waals surface area contributed by atoms with Crippen LogP contribution in [0.3, 0.4) is 0 Å². The van der Waals surface area contributed by atoms with Gasteiger partial charge in [0.2, 0.25) is 0 Å². The molecule has 2 rings (SSSR count). The standard InChI is InChI=1S/C9H12OS/c1-6-2-3-9(11-6)8-4-7(8)5-10/h2-3,7-8,10H,4-5H2,1H3. The largest absolute Gasteiger partial charge is 0.396 e. The molecule has 2 atom stereocenters. The maximum atomic E-state index is 8.85. The van der Waals surface area contributed by atoms with E-state index < -0.39 is 0 Å². The number of aliphatic hydroxyl groups excluding tert-OH is 1. The first-order chi connectivity index (χ1) is 5.31. The number of aryl methyl sites for hydroxylation is 1. The minimum Gasteiger partial charge on any atom is -0.396 e. The second-order valence-electron chi connectivity index (χ2n) is 3.23. The van der Waals surface area contributed by atoms with Crippen molar-refractivity contribution in [2.45, 2.75) is 19.3 Å². The van der Waals surface area contributed by atoms with E-state index in [2.05, 4.69) is 19.1 Å². The Morgan fingerprint density at radius 3 is 2.91 bits per heavy atom. The molecule has 1 N–H and O–H groups in total. The van der Waals surface area contributed by atoms with Gasteiger partial charge in [0.05, 0.1) is 0 Å². The number of aliphatic hydroxyl groups is 1. The fourth-order valence-electron chi connectivity index (χ4n) is 1.45. The van der Waals surface area contributed by atoms with Gasteiger partial charge in [-0.3, -0.25) is 0 Å². The first kappa shape index (κ1) is 7.32. The Bertz CT molecular complexity index is 254. The van der Waals surface area contributed by atoms with Crippen molar-refractivity contribution >= 4 is 11.3 Å². The highest BCUT2D eigenvalue weighted by Crippen LogP contribution is 2.49. The van der Waals surface area contributed by atoms with Gasteiger partial charge in [-0.05, 0) is 37.3 Å². The average molecular weight is 168 g/mol. The summed E-state index contributed by atoms with van der Waals surface area (Å²) in [5.41, 5.74) is 0. The summed E-state index contributed by atoms with van der Waals surface area (Å²) in [6.45, 7) is 2.49. The van der Waals surface area contributed by atoms with Gasteiger partial charge in [-0.2, -0.15) is 0 Å². The van der Waals surface area contributed by atoms with Gasteiger partial charge >= 0.3 is 0 Å². The van der Waals surface area contributed by atoms with Crippen LogP contribution in [0.2, 0.25) is 0 Å². The van der Waals surface area contributed by atoms with E-state index in [9.17, 15) is 0 Å². The summed E-state index contributed by atoms with van der Waals surface area (Å²) in [7, 11) is 0. The van der Waals surface area contributed by atoms with Crippen LogP contribution in [-0.4, -0.2) is 11.7 Å². The third kappa shape index (κ3) is 1.33. The molecule has 1 aliphatic rings. The molecular formula is C9H12OS. The lowest BCUT2D eigenvalue weighted by Crippen LogP contribution is -1.85. The Kier molecular flexibility index (Phi) is 1.74. The summed E-state index contributed by atoms with van der Waals surface area (Å²) >= 11 is 1.87. The summed E-state index contributed by atoms with van der Waals surface area (Å²) in [5.74, 6) is 1.24. The molecule has 0 aliphatic heterocycles. The van der Waals surface area contributed by atoms with Gasteiger partial charge in [0.25, 0.3) is 0 Å². The van der Waals surface area contributed by atoms with Crippen LogP contribution in [0.1, 0.15) is 22.1 Å². The van der Waals surface area contributed by atoms with Gasteiger partial charge in [0.1, 0.15) is 0 Å². The van der Waals surface area contributed by atoms with Crippen molar-refractivity contribution < 1.29 is 5.11 Å². The normalized spacial score (nSPS) is 28.9. The number of rotatable bonds is 2. The predicted octanol–water partition coefficient (Wildman–Crippen LogP) is 2.15. The van der Waals surface area contributed by atoms with Crippen LogP contribution in [0.5, 0.6) is 0 Å². The molecule has 0 bridgehead atoms. The molecule has 1 aromatic heterocycles. The number of hydrogen-bond acceptors (Lipinski definition) is 2. The lowest BCUT2D eigenvalue weighted by Gasteiger charge is -1.90. The summed E-state index contributed by atoms with van der Waals surface area (Å²) < 4.78 is 0. The Hall–Kier alpha value is -0.340. The van der Waals surface area contributed by atoms with Gasteiger partial charge in [0.15, 0.2) is 0 Å². The predicted molar refractivity (Wildman–Crippen MR) is 47.0 cm³/mol. The minimum atomic E-state index is 0.363. The molecule has 0 saturated heterocycles. The first-order valence-electron chi connectivity index (χ1n) is 3.98. The van der Waals surface area contributed by atoms with Crippen molar-refractivity contribution in [2.75, 3.05) is 6.61 Å². The van der Waals surface area contributed by atoms with E-state index in [0.717, 1.165) is 0 Å². The Morgan fingerprint density at radius 1 is 1.64 bits per heavy atom. The smallest absolute Gasteiger partial charge is 0.0465 e. The average Bonchev–Trinajstić information content (AvgIpc) is 2.68. The molecule has 1 fully saturated rings. The van der Waals surface area contributed by atoms with Crippen LogP contribution < -0.4 is 0 Å².